The van der Waals surface area contributed by atoms with E-state index in [2.05, 4.69) is 20.8 Å². The van der Waals surface area contributed by atoms with Crippen molar-refractivity contribution in [2.24, 2.45) is 0 Å². The third kappa shape index (κ3) is 4.75. The first kappa shape index (κ1) is 18.2. The first-order valence-corrected chi connectivity index (χ1v) is 8.28. The van der Waals surface area contributed by atoms with Crippen LogP contribution >= 0.6 is 0 Å². The Morgan fingerprint density at radius 3 is 2.92 bits per heavy atom. The second-order valence-corrected chi connectivity index (χ2v) is 6.10. The van der Waals surface area contributed by atoms with E-state index in [1.165, 1.54) is 18.2 Å². The van der Waals surface area contributed by atoms with Gasteiger partial charge >= 0.3 is 6.18 Å². The molecule has 1 aliphatic heterocycles. The van der Waals surface area contributed by atoms with Crippen LogP contribution in [0.4, 0.5) is 13.2 Å². The number of hydrogen-bond acceptors (Lipinski definition) is 4. The number of ether oxygens (including phenoxy) is 1. The fourth-order valence-corrected chi connectivity index (χ4v) is 2.71. The Morgan fingerprint density at radius 1 is 1.35 bits per heavy atom. The van der Waals surface area contributed by atoms with Gasteiger partial charge in [0.25, 0.3) is 5.91 Å². The normalized spacial score (nSPS) is 17.3. The first-order chi connectivity index (χ1) is 12.4. The van der Waals surface area contributed by atoms with Crippen molar-refractivity contribution in [3.8, 4) is 5.75 Å². The summed E-state index contributed by atoms with van der Waals surface area (Å²) in [6.07, 6.45) is -2.30. The van der Waals surface area contributed by atoms with E-state index < -0.39 is 11.7 Å². The van der Waals surface area contributed by atoms with Gasteiger partial charge in [0.05, 0.1) is 11.3 Å². The number of nitrogens with one attached hydrogen (secondary N) is 3. The van der Waals surface area contributed by atoms with Gasteiger partial charge in [-0.05, 0) is 43.7 Å². The van der Waals surface area contributed by atoms with Crippen molar-refractivity contribution in [3.05, 3.63) is 47.3 Å². The third-order valence-corrected chi connectivity index (χ3v) is 4.09. The molecule has 2 aromatic rings. The molecule has 140 valence electrons. The monoisotopic (exact) mass is 368 g/mol. The highest BCUT2D eigenvalue weighted by atomic mass is 19.4. The van der Waals surface area contributed by atoms with Crippen LogP contribution in [0, 0.1) is 0 Å². The predicted molar refractivity (Wildman–Crippen MR) is 87.7 cm³/mol. The van der Waals surface area contributed by atoms with Crippen molar-refractivity contribution in [2.75, 3.05) is 13.1 Å². The number of hydrogen-bond donors (Lipinski definition) is 3. The summed E-state index contributed by atoms with van der Waals surface area (Å²) in [4.78, 5) is 12.1. The molecule has 0 spiro atoms. The van der Waals surface area contributed by atoms with Gasteiger partial charge in [-0.3, -0.25) is 9.89 Å². The number of halogens is 3. The Hall–Kier alpha value is -2.55. The van der Waals surface area contributed by atoms with Crippen LogP contribution < -0.4 is 15.4 Å². The SMILES string of the molecule is O=C(NC[C@@H]1CCCN1)c1cc(COc2cccc(C(F)(F)F)c2)[nH]n1. The van der Waals surface area contributed by atoms with E-state index in [0.29, 0.717) is 12.2 Å². The summed E-state index contributed by atoms with van der Waals surface area (Å²) in [6, 6.07) is 6.42. The highest BCUT2D eigenvalue weighted by Crippen LogP contribution is 2.31. The average Bonchev–Trinajstić information content (AvgIpc) is 3.29. The number of benzene rings is 1. The molecule has 0 aliphatic carbocycles. The zero-order valence-corrected chi connectivity index (χ0v) is 13.9. The molecular weight excluding hydrogens is 349 g/mol. The van der Waals surface area contributed by atoms with E-state index in [4.69, 9.17) is 4.74 Å². The summed E-state index contributed by atoms with van der Waals surface area (Å²) in [5.74, 6) is -0.215. The van der Waals surface area contributed by atoms with Gasteiger partial charge in [-0.25, -0.2) is 0 Å². The third-order valence-electron chi connectivity index (χ3n) is 4.09. The fourth-order valence-electron chi connectivity index (χ4n) is 2.71. The maximum absolute atomic E-state index is 12.7. The number of rotatable bonds is 6. The van der Waals surface area contributed by atoms with Gasteiger partial charge in [0, 0.05) is 12.6 Å². The van der Waals surface area contributed by atoms with Gasteiger partial charge in [-0.2, -0.15) is 18.3 Å². The molecule has 1 saturated heterocycles. The summed E-state index contributed by atoms with van der Waals surface area (Å²) in [5.41, 5.74) is -0.0719. The molecule has 1 aromatic carbocycles. The molecule has 2 heterocycles. The lowest BCUT2D eigenvalue weighted by Gasteiger charge is -2.10. The van der Waals surface area contributed by atoms with Gasteiger partial charge in [0.2, 0.25) is 0 Å². The van der Waals surface area contributed by atoms with Crippen LogP contribution in [0.5, 0.6) is 5.75 Å². The van der Waals surface area contributed by atoms with Crippen LogP contribution in [0.2, 0.25) is 0 Å². The fraction of sp³-hybridized carbons (Fsp3) is 0.412. The van der Waals surface area contributed by atoms with Crippen LogP contribution in [0.25, 0.3) is 0 Å². The highest BCUT2D eigenvalue weighted by Gasteiger charge is 2.30. The number of aromatic nitrogens is 2. The molecule has 0 saturated carbocycles. The zero-order valence-electron chi connectivity index (χ0n) is 13.9. The van der Waals surface area contributed by atoms with Crippen molar-refractivity contribution < 1.29 is 22.7 Å². The quantitative estimate of drug-likeness (QED) is 0.732. The maximum Gasteiger partial charge on any atom is 0.416 e. The Labute approximate surface area is 148 Å². The minimum Gasteiger partial charge on any atom is -0.487 e. The summed E-state index contributed by atoms with van der Waals surface area (Å²) >= 11 is 0. The number of amides is 1. The molecule has 1 fully saturated rings. The van der Waals surface area contributed by atoms with Crippen LogP contribution in [-0.2, 0) is 12.8 Å². The van der Waals surface area contributed by atoms with Crippen molar-refractivity contribution in [2.45, 2.75) is 31.7 Å². The van der Waals surface area contributed by atoms with E-state index in [9.17, 15) is 18.0 Å². The molecule has 1 amide bonds. The number of carbonyl (C=O) groups excluding carboxylic acids is 1. The Balaban J connectivity index is 1.52. The minimum atomic E-state index is -4.42. The lowest BCUT2D eigenvalue weighted by atomic mass is 10.2. The molecule has 26 heavy (non-hydrogen) atoms. The molecule has 0 radical (unpaired) electrons. The van der Waals surface area contributed by atoms with E-state index >= 15 is 0 Å². The van der Waals surface area contributed by atoms with E-state index in [1.54, 1.807) is 0 Å². The smallest absolute Gasteiger partial charge is 0.416 e. The summed E-state index contributed by atoms with van der Waals surface area (Å²) in [6.45, 7) is 1.47. The van der Waals surface area contributed by atoms with Gasteiger partial charge < -0.3 is 15.4 Å². The Bertz CT molecular complexity index is 754. The van der Waals surface area contributed by atoms with Crippen molar-refractivity contribution in [1.82, 2.24) is 20.8 Å². The number of aromatic amines is 1. The molecule has 0 unspecified atom stereocenters. The number of alkyl halides is 3. The standard InChI is InChI=1S/C17H19F3N4O2/c18-17(19,20)11-3-1-5-14(7-11)26-10-13-8-15(24-23-13)16(25)22-9-12-4-2-6-21-12/h1,3,5,7-8,12,21H,2,4,6,9-10H2,(H,22,25)(H,23,24)/t12-/m0/s1. The molecular formula is C17H19F3N4O2. The Morgan fingerprint density at radius 2 is 2.19 bits per heavy atom. The molecule has 1 atom stereocenters. The second-order valence-electron chi connectivity index (χ2n) is 6.10. The zero-order chi connectivity index (χ0) is 18.6. The number of H-pyrrole nitrogens is 1. The molecule has 9 heteroatoms. The van der Waals surface area contributed by atoms with Crippen LogP contribution in [0.1, 0.15) is 34.6 Å². The second kappa shape index (κ2) is 7.77. The predicted octanol–water partition coefficient (Wildman–Crippen LogP) is 2.49. The number of nitrogens with zero attached hydrogens (tertiary/aromatic N) is 1. The summed E-state index contributed by atoms with van der Waals surface area (Å²) in [7, 11) is 0. The van der Waals surface area contributed by atoms with Gasteiger partial charge in [-0.1, -0.05) is 6.07 Å². The molecule has 1 aromatic heterocycles. The van der Waals surface area contributed by atoms with Crippen molar-refractivity contribution >= 4 is 5.91 Å². The average molecular weight is 368 g/mol. The topological polar surface area (TPSA) is 79.0 Å². The first-order valence-electron chi connectivity index (χ1n) is 8.28. The van der Waals surface area contributed by atoms with Crippen LogP contribution in [-0.4, -0.2) is 35.2 Å². The van der Waals surface area contributed by atoms with Gasteiger partial charge in [0.15, 0.2) is 0 Å². The molecule has 3 rings (SSSR count). The minimum absolute atomic E-state index is 0.0221. The van der Waals surface area contributed by atoms with E-state index in [0.717, 1.165) is 31.5 Å². The van der Waals surface area contributed by atoms with Crippen molar-refractivity contribution in [3.63, 3.8) is 0 Å². The molecule has 3 N–H and O–H groups in total. The molecule has 1 aliphatic rings. The molecule has 0 bridgehead atoms. The van der Waals surface area contributed by atoms with Crippen LogP contribution in [0.15, 0.2) is 30.3 Å². The Kier molecular flexibility index (Phi) is 5.46. The molecule has 6 nitrogen and oxygen atoms in total. The maximum atomic E-state index is 12.7. The largest absolute Gasteiger partial charge is 0.487 e. The van der Waals surface area contributed by atoms with Gasteiger partial charge in [0.1, 0.15) is 18.1 Å². The van der Waals surface area contributed by atoms with Gasteiger partial charge in [-0.15, -0.1) is 0 Å². The summed E-state index contributed by atoms with van der Waals surface area (Å²) in [5, 5.41) is 12.7. The van der Waals surface area contributed by atoms with Crippen molar-refractivity contribution in [1.29, 1.82) is 0 Å². The summed E-state index contributed by atoms with van der Waals surface area (Å²) < 4.78 is 43.4. The lowest BCUT2D eigenvalue weighted by molar-refractivity contribution is -0.137. The van der Waals surface area contributed by atoms with E-state index in [1.807, 2.05) is 0 Å². The van der Waals surface area contributed by atoms with E-state index in [-0.39, 0.29) is 30.0 Å². The highest BCUT2D eigenvalue weighted by molar-refractivity contribution is 5.92. The van der Waals surface area contributed by atoms with Crippen LogP contribution in [0.3, 0.4) is 0 Å². The number of carbonyl (C=O) groups is 1. The lowest BCUT2D eigenvalue weighted by Crippen LogP contribution is -2.37.